The fourth-order valence-electron chi connectivity index (χ4n) is 2.55. The zero-order valence-electron chi connectivity index (χ0n) is 11.6. The van der Waals surface area contributed by atoms with Gasteiger partial charge in [-0.05, 0) is 48.9 Å². The van der Waals surface area contributed by atoms with Gasteiger partial charge in [-0.1, -0.05) is 18.2 Å². The van der Waals surface area contributed by atoms with Crippen LogP contribution >= 0.6 is 0 Å². The number of aromatic amines is 2. The molecule has 0 spiro atoms. The Morgan fingerprint density at radius 3 is 2.71 bits per heavy atom. The van der Waals surface area contributed by atoms with Gasteiger partial charge in [-0.3, -0.25) is 0 Å². The molecule has 3 aromatic rings. The molecule has 0 saturated heterocycles. The highest BCUT2D eigenvalue weighted by atomic mass is 19.1. The van der Waals surface area contributed by atoms with Gasteiger partial charge in [0.25, 0.3) is 0 Å². The molecule has 1 unspecified atom stereocenters. The maximum atomic E-state index is 13.3. The summed E-state index contributed by atoms with van der Waals surface area (Å²) < 4.78 is 13.3. The minimum Gasteiger partial charge on any atom is -0.313 e. The van der Waals surface area contributed by atoms with E-state index in [2.05, 4.69) is 15.3 Å². The zero-order chi connectivity index (χ0) is 14.8. The predicted molar refractivity (Wildman–Crippen MR) is 80.8 cm³/mol. The van der Waals surface area contributed by atoms with Crippen LogP contribution in [0.15, 0.2) is 47.3 Å². The monoisotopic (exact) mass is 285 g/mol. The lowest BCUT2D eigenvalue weighted by molar-refractivity contribution is 0.584. The minimum absolute atomic E-state index is 0.0506. The van der Waals surface area contributed by atoms with Gasteiger partial charge in [-0.15, -0.1) is 0 Å². The summed E-state index contributed by atoms with van der Waals surface area (Å²) in [5.41, 5.74) is 3.32. The summed E-state index contributed by atoms with van der Waals surface area (Å²) >= 11 is 0. The summed E-state index contributed by atoms with van der Waals surface area (Å²) in [5, 5.41) is 3.23. The lowest BCUT2D eigenvalue weighted by Crippen LogP contribution is -2.18. The molecule has 2 aromatic carbocycles. The standard InChI is InChI=1S/C16H16FN3O/c1-18-14(8-10-3-2-4-12(17)7-10)11-5-6-13-15(9-11)20-16(21)19-13/h2-7,9,14,18H,8H2,1H3,(H2,19,20,21). The third-order valence-corrected chi connectivity index (χ3v) is 3.62. The molecule has 0 aliphatic heterocycles. The van der Waals surface area contributed by atoms with E-state index in [4.69, 9.17) is 0 Å². The van der Waals surface area contributed by atoms with E-state index in [1.165, 1.54) is 6.07 Å². The highest BCUT2D eigenvalue weighted by Crippen LogP contribution is 2.21. The Morgan fingerprint density at radius 2 is 1.95 bits per heavy atom. The van der Waals surface area contributed by atoms with Crippen LogP contribution in [0, 0.1) is 5.82 Å². The number of fused-ring (bicyclic) bond motifs is 1. The zero-order valence-corrected chi connectivity index (χ0v) is 11.6. The lowest BCUT2D eigenvalue weighted by Gasteiger charge is -2.17. The van der Waals surface area contributed by atoms with Crippen LogP contribution in [0.25, 0.3) is 11.0 Å². The molecule has 0 bridgehead atoms. The van der Waals surface area contributed by atoms with Gasteiger partial charge in [0.1, 0.15) is 5.82 Å². The number of imidazole rings is 1. The Hall–Kier alpha value is -2.40. The van der Waals surface area contributed by atoms with Crippen LogP contribution in [-0.2, 0) is 6.42 Å². The Morgan fingerprint density at radius 1 is 1.14 bits per heavy atom. The first-order valence-corrected chi connectivity index (χ1v) is 6.79. The highest BCUT2D eigenvalue weighted by Gasteiger charge is 2.12. The van der Waals surface area contributed by atoms with Gasteiger partial charge in [0.2, 0.25) is 0 Å². The number of rotatable bonds is 4. The van der Waals surface area contributed by atoms with Crippen molar-refractivity contribution in [3.8, 4) is 0 Å². The van der Waals surface area contributed by atoms with Crippen molar-refractivity contribution >= 4 is 11.0 Å². The average Bonchev–Trinajstić information content (AvgIpc) is 2.84. The molecule has 1 aromatic heterocycles. The Balaban J connectivity index is 1.92. The van der Waals surface area contributed by atoms with E-state index >= 15 is 0 Å². The molecule has 1 heterocycles. The molecule has 108 valence electrons. The van der Waals surface area contributed by atoms with Gasteiger partial charge in [0, 0.05) is 6.04 Å². The molecule has 21 heavy (non-hydrogen) atoms. The number of benzene rings is 2. The number of hydrogen-bond donors (Lipinski definition) is 3. The van der Waals surface area contributed by atoms with Crippen LogP contribution in [-0.4, -0.2) is 17.0 Å². The number of likely N-dealkylation sites (N-methyl/N-ethyl adjacent to an activating group) is 1. The van der Waals surface area contributed by atoms with Gasteiger partial charge >= 0.3 is 5.69 Å². The van der Waals surface area contributed by atoms with Gasteiger partial charge in [0.15, 0.2) is 0 Å². The first-order valence-electron chi connectivity index (χ1n) is 6.79. The summed E-state index contributed by atoms with van der Waals surface area (Å²) in [6.07, 6.45) is 0.675. The topological polar surface area (TPSA) is 60.7 Å². The van der Waals surface area contributed by atoms with Crippen molar-refractivity contribution in [2.24, 2.45) is 0 Å². The molecule has 0 amide bonds. The van der Waals surface area contributed by atoms with E-state index in [1.54, 1.807) is 12.1 Å². The maximum Gasteiger partial charge on any atom is 0.323 e. The molecule has 4 nitrogen and oxygen atoms in total. The smallest absolute Gasteiger partial charge is 0.313 e. The van der Waals surface area contributed by atoms with Crippen molar-refractivity contribution in [3.63, 3.8) is 0 Å². The Labute approximate surface area is 121 Å². The van der Waals surface area contributed by atoms with Crippen LogP contribution in [0.3, 0.4) is 0 Å². The van der Waals surface area contributed by atoms with Crippen LogP contribution in [0.1, 0.15) is 17.2 Å². The third kappa shape index (κ3) is 2.87. The minimum atomic E-state index is -0.229. The molecule has 0 aliphatic rings. The summed E-state index contributed by atoms with van der Waals surface area (Å²) in [7, 11) is 1.87. The van der Waals surface area contributed by atoms with E-state index in [0.29, 0.717) is 6.42 Å². The number of hydrogen-bond acceptors (Lipinski definition) is 2. The van der Waals surface area contributed by atoms with E-state index in [1.807, 2.05) is 31.3 Å². The normalized spacial score (nSPS) is 12.7. The lowest BCUT2D eigenvalue weighted by atomic mass is 9.98. The van der Waals surface area contributed by atoms with Gasteiger partial charge in [-0.2, -0.15) is 0 Å². The molecule has 3 rings (SSSR count). The van der Waals surface area contributed by atoms with Crippen molar-refractivity contribution in [2.75, 3.05) is 7.05 Å². The van der Waals surface area contributed by atoms with E-state index in [0.717, 1.165) is 22.2 Å². The second-order valence-corrected chi connectivity index (χ2v) is 5.06. The van der Waals surface area contributed by atoms with Gasteiger partial charge < -0.3 is 15.3 Å². The first-order chi connectivity index (χ1) is 10.2. The largest absolute Gasteiger partial charge is 0.323 e. The summed E-state index contributed by atoms with van der Waals surface area (Å²) in [6, 6.07) is 12.4. The van der Waals surface area contributed by atoms with Crippen LogP contribution < -0.4 is 11.0 Å². The first kappa shape index (κ1) is 13.6. The van der Waals surface area contributed by atoms with Crippen LogP contribution in [0.4, 0.5) is 4.39 Å². The summed E-state index contributed by atoms with van der Waals surface area (Å²) in [6.45, 7) is 0. The SMILES string of the molecule is CNC(Cc1cccc(F)c1)c1ccc2[nH]c(=O)[nH]c2c1. The van der Waals surface area contributed by atoms with Crippen molar-refractivity contribution in [1.29, 1.82) is 0 Å². The van der Waals surface area contributed by atoms with Gasteiger partial charge in [-0.25, -0.2) is 9.18 Å². The molecule has 0 fully saturated rings. The third-order valence-electron chi connectivity index (χ3n) is 3.62. The number of H-pyrrole nitrogens is 2. The molecule has 5 heteroatoms. The molecule has 0 saturated carbocycles. The molecule has 3 N–H and O–H groups in total. The molecule has 0 radical (unpaired) electrons. The molecule has 1 atom stereocenters. The quantitative estimate of drug-likeness (QED) is 0.689. The second-order valence-electron chi connectivity index (χ2n) is 5.06. The average molecular weight is 285 g/mol. The Bertz CT molecular complexity index is 822. The molecular formula is C16H16FN3O. The summed E-state index contributed by atoms with van der Waals surface area (Å²) in [4.78, 5) is 16.8. The number of aromatic nitrogens is 2. The van der Waals surface area contributed by atoms with Gasteiger partial charge in [0.05, 0.1) is 11.0 Å². The van der Waals surface area contributed by atoms with Crippen molar-refractivity contribution < 1.29 is 4.39 Å². The van der Waals surface area contributed by atoms with Crippen molar-refractivity contribution in [1.82, 2.24) is 15.3 Å². The van der Waals surface area contributed by atoms with E-state index in [9.17, 15) is 9.18 Å². The Kier molecular flexibility index (Phi) is 3.58. The van der Waals surface area contributed by atoms with E-state index in [-0.39, 0.29) is 17.5 Å². The molecule has 0 aliphatic carbocycles. The van der Waals surface area contributed by atoms with Crippen molar-refractivity contribution in [3.05, 3.63) is 69.9 Å². The molecular weight excluding hydrogens is 269 g/mol. The fourth-order valence-corrected chi connectivity index (χ4v) is 2.55. The van der Waals surface area contributed by atoms with E-state index < -0.39 is 0 Å². The summed E-state index contributed by atoms with van der Waals surface area (Å²) in [5.74, 6) is -0.229. The maximum absolute atomic E-state index is 13.3. The number of halogens is 1. The highest BCUT2D eigenvalue weighted by molar-refractivity contribution is 5.75. The predicted octanol–water partition coefficient (Wildman–Crippen LogP) is 2.50. The van der Waals surface area contributed by atoms with Crippen LogP contribution in [0.2, 0.25) is 0 Å². The number of nitrogens with one attached hydrogen (secondary N) is 3. The fraction of sp³-hybridized carbons (Fsp3) is 0.188. The van der Waals surface area contributed by atoms with Crippen LogP contribution in [0.5, 0.6) is 0 Å². The van der Waals surface area contributed by atoms with Crippen molar-refractivity contribution in [2.45, 2.75) is 12.5 Å². The second kappa shape index (κ2) is 5.54.